The molecule has 3 aromatic heterocycles. The van der Waals surface area contributed by atoms with Crippen LogP contribution >= 0.6 is 34.0 Å². The number of nitrogen functional groups attached to an aromatic ring is 1. The molecule has 3 aromatic rings. The standard InChI is InChI=1S/C13H11NOS3/c1-5-3-8-12(16-5)10-7(4-15-8)11-13(18-10)9(14)6(2)17-11/h3H,4,14H2,1-2H3. The van der Waals surface area contributed by atoms with Gasteiger partial charge in [-0.3, -0.25) is 0 Å². The molecule has 2 nitrogen and oxygen atoms in total. The number of hydrogen-bond donors (Lipinski definition) is 1. The summed E-state index contributed by atoms with van der Waals surface area (Å²) in [7, 11) is 0. The third-order valence-electron chi connectivity index (χ3n) is 3.24. The second kappa shape index (κ2) is 3.50. The first-order chi connectivity index (χ1) is 8.65. The third-order valence-corrected chi connectivity index (χ3v) is 7.01. The predicted octanol–water partition coefficient (Wildman–Crippen LogP) is 4.78. The van der Waals surface area contributed by atoms with Crippen LogP contribution in [0.2, 0.25) is 0 Å². The van der Waals surface area contributed by atoms with E-state index in [0.717, 1.165) is 11.4 Å². The maximum absolute atomic E-state index is 6.16. The van der Waals surface area contributed by atoms with Gasteiger partial charge in [-0.05, 0) is 19.9 Å². The molecule has 92 valence electrons. The Kier molecular flexibility index (Phi) is 2.11. The molecule has 0 atom stereocenters. The number of rotatable bonds is 0. The van der Waals surface area contributed by atoms with E-state index in [1.54, 1.807) is 11.3 Å². The van der Waals surface area contributed by atoms with Crippen molar-refractivity contribution in [2.45, 2.75) is 20.5 Å². The summed E-state index contributed by atoms with van der Waals surface area (Å²) in [5.41, 5.74) is 8.44. The number of anilines is 1. The molecule has 2 N–H and O–H groups in total. The second-order valence-corrected chi connectivity index (χ2v) is 7.98. The van der Waals surface area contributed by atoms with Gasteiger partial charge in [0.25, 0.3) is 0 Å². The van der Waals surface area contributed by atoms with Crippen molar-refractivity contribution in [2.75, 3.05) is 5.73 Å². The number of aryl methyl sites for hydroxylation is 2. The first-order valence-corrected chi connectivity index (χ1v) is 8.14. The fraction of sp³-hybridized carbons (Fsp3) is 0.231. The Labute approximate surface area is 117 Å². The number of hydrogen-bond acceptors (Lipinski definition) is 5. The molecule has 0 bridgehead atoms. The van der Waals surface area contributed by atoms with Crippen molar-refractivity contribution in [2.24, 2.45) is 0 Å². The molecular formula is C13H11NOS3. The molecule has 4 heterocycles. The van der Waals surface area contributed by atoms with E-state index in [1.165, 1.54) is 34.5 Å². The zero-order valence-electron chi connectivity index (χ0n) is 9.99. The summed E-state index contributed by atoms with van der Waals surface area (Å²) in [4.78, 5) is 5.16. The van der Waals surface area contributed by atoms with Gasteiger partial charge < -0.3 is 10.5 Å². The molecule has 0 fully saturated rings. The van der Waals surface area contributed by atoms with Crippen LogP contribution in [0, 0.1) is 13.8 Å². The molecule has 0 saturated heterocycles. The lowest BCUT2D eigenvalue weighted by Gasteiger charge is -2.13. The molecular weight excluding hydrogens is 282 g/mol. The molecule has 5 heteroatoms. The van der Waals surface area contributed by atoms with Gasteiger partial charge in [-0.1, -0.05) is 0 Å². The number of thiophene rings is 3. The zero-order chi connectivity index (χ0) is 12.4. The Hall–Kier alpha value is -1.04. The van der Waals surface area contributed by atoms with Gasteiger partial charge in [0, 0.05) is 15.3 Å². The predicted molar refractivity (Wildman–Crippen MR) is 81.2 cm³/mol. The molecule has 0 saturated carbocycles. The average molecular weight is 293 g/mol. The van der Waals surface area contributed by atoms with Crippen molar-refractivity contribution in [3.8, 4) is 15.5 Å². The van der Waals surface area contributed by atoms with Gasteiger partial charge >= 0.3 is 0 Å². The van der Waals surface area contributed by atoms with Crippen molar-refractivity contribution in [3.05, 3.63) is 21.4 Å². The monoisotopic (exact) mass is 293 g/mol. The topological polar surface area (TPSA) is 35.2 Å². The Morgan fingerprint density at radius 3 is 2.78 bits per heavy atom. The van der Waals surface area contributed by atoms with E-state index in [2.05, 4.69) is 19.9 Å². The van der Waals surface area contributed by atoms with Crippen LogP contribution in [-0.2, 0) is 6.61 Å². The minimum absolute atomic E-state index is 0.678. The van der Waals surface area contributed by atoms with Crippen LogP contribution in [0.3, 0.4) is 0 Å². The molecule has 1 aliphatic heterocycles. The van der Waals surface area contributed by atoms with Crippen molar-refractivity contribution in [3.63, 3.8) is 0 Å². The largest absolute Gasteiger partial charge is 0.487 e. The van der Waals surface area contributed by atoms with E-state index in [0.29, 0.717) is 6.61 Å². The molecule has 1 aliphatic rings. The van der Waals surface area contributed by atoms with Crippen LogP contribution in [0.15, 0.2) is 6.07 Å². The van der Waals surface area contributed by atoms with Crippen molar-refractivity contribution < 1.29 is 4.74 Å². The Bertz CT molecular complexity index is 778. The molecule has 0 aromatic carbocycles. The zero-order valence-corrected chi connectivity index (χ0v) is 12.4. The third kappa shape index (κ3) is 1.27. The summed E-state index contributed by atoms with van der Waals surface area (Å²) < 4.78 is 8.43. The van der Waals surface area contributed by atoms with Gasteiger partial charge in [-0.2, -0.15) is 0 Å². The molecule has 0 amide bonds. The van der Waals surface area contributed by atoms with Crippen LogP contribution in [0.5, 0.6) is 5.75 Å². The summed E-state index contributed by atoms with van der Waals surface area (Å²) >= 11 is 5.42. The molecule has 0 radical (unpaired) electrons. The summed E-state index contributed by atoms with van der Waals surface area (Å²) in [5, 5.41) is 0. The van der Waals surface area contributed by atoms with Crippen LogP contribution in [-0.4, -0.2) is 0 Å². The van der Waals surface area contributed by atoms with Crippen LogP contribution < -0.4 is 10.5 Å². The van der Waals surface area contributed by atoms with Crippen LogP contribution in [0.1, 0.15) is 15.3 Å². The highest BCUT2D eigenvalue weighted by molar-refractivity contribution is 7.32. The molecule has 4 rings (SSSR count). The first-order valence-electron chi connectivity index (χ1n) is 5.69. The minimum atomic E-state index is 0.678. The van der Waals surface area contributed by atoms with E-state index in [9.17, 15) is 0 Å². The van der Waals surface area contributed by atoms with E-state index in [-0.39, 0.29) is 0 Å². The van der Waals surface area contributed by atoms with Crippen molar-refractivity contribution in [1.29, 1.82) is 0 Å². The average Bonchev–Trinajstić information content (AvgIpc) is 2.94. The fourth-order valence-electron chi connectivity index (χ4n) is 2.32. The van der Waals surface area contributed by atoms with Gasteiger partial charge in [-0.15, -0.1) is 34.0 Å². The number of nitrogens with two attached hydrogens (primary N) is 1. The van der Waals surface area contributed by atoms with Gasteiger partial charge in [0.1, 0.15) is 12.4 Å². The second-order valence-electron chi connectivity index (χ2n) is 4.48. The lowest BCUT2D eigenvalue weighted by molar-refractivity contribution is 0.306. The van der Waals surface area contributed by atoms with E-state index in [1.807, 2.05) is 22.7 Å². The molecule has 18 heavy (non-hydrogen) atoms. The number of fused-ring (bicyclic) bond motifs is 5. The smallest absolute Gasteiger partial charge is 0.139 e. The van der Waals surface area contributed by atoms with E-state index in [4.69, 9.17) is 10.5 Å². The minimum Gasteiger partial charge on any atom is -0.487 e. The van der Waals surface area contributed by atoms with E-state index < -0.39 is 0 Å². The quantitative estimate of drug-likeness (QED) is 0.647. The molecule has 0 unspecified atom stereocenters. The Morgan fingerprint density at radius 1 is 1.11 bits per heavy atom. The highest BCUT2D eigenvalue weighted by Crippen LogP contribution is 2.53. The summed E-state index contributed by atoms with van der Waals surface area (Å²) in [6, 6.07) is 2.13. The van der Waals surface area contributed by atoms with Crippen LogP contribution in [0.4, 0.5) is 5.69 Å². The SMILES string of the molecule is Cc1cc2c(s1)-c1sc3c(N)c(C)sc3c1CO2. The highest BCUT2D eigenvalue weighted by atomic mass is 32.1. The summed E-state index contributed by atoms with van der Waals surface area (Å²) in [6.07, 6.45) is 0. The van der Waals surface area contributed by atoms with Crippen LogP contribution in [0.25, 0.3) is 19.2 Å². The van der Waals surface area contributed by atoms with E-state index >= 15 is 0 Å². The number of ether oxygens (including phenoxy) is 1. The summed E-state index contributed by atoms with van der Waals surface area (Å²) in [5.74, 6) is 1.04. The highest BCUT2D eigenvalue weighted by Gasteiger charge is 2.26. The Morgan fingerprint density at radius 2 is 1.94 bits per heavy atom. The van der Waals surface area contributed by atoms with Crippen molar-refractivity contribution >= 4 is 49.1 Å². The maximum Gasteiger partial charge on any atom is 0.139 e. The first kappa shape index (κ1) is 10.8. The van der Waals surface area contributed by atoms with Gasteiger partial charge in [0.15, 0.2) is 0 Å². The van der Waals surface area contributed by atoms with Gasteiger partial charge in [-0.25, -0.2) is 0 Å². The lowest BCUT2D eigenvalue weighted by Crippen LogP contribution is -2.00. The maximum atomic E-state index is 6.16. The van der Waals surface area contributed by atoms with Gasteiger partial charge in [0.05, 0.1) is 24.8 Å². The summed E-state index contributed by atoms with van der Waals surface area (Å²) in [6.45, 7) is 4.89. The van der Waals surface area contributed by atoms with Crippen molar-refractivity contribution in [1.82, 2.24) is 0 Å². The Balaban J connectivity index is 2.08. The fourth-order valence-corrected chi connectivity index (χ4v) is 6.04. The lowest BCUT2D eigenvalue weighted by atomic mass is 10.2. The molecule has 0 spiro atoms. The van der Waals surface area contributed by atoms with Gasteiger partial charge in [0.2, 0.25) is 0 Å². The molecule has 0 aliphatic carbocycles. The normalized spacial score (nSPS) is 13.4.